The van der Waals surface area contributed by atoms with E-state index in [1.807, 2.05) is 0 Å². The molecule has 1 atom stereocenters. The Kier molecular flexibility index (Phi) is 5.40. The minimum absolute atomic E-state index is 0.811. The van der Waals surface area contributed by atoms with Crippen molar-refractivity contribution in [2.24, 2.45) is 5.92 Å². The molecule has 19 heavy (non-hydrogen) atoms. The van der Waals surface area contributed by atoms with Gasteiger partial charge in [0.2, 0.25) is 0 Å². The summed E-state index contributed by atoms with van der Waals surface area (Å²) in [6.07, 6.45) is 7.38. The molecule has 106 valence electrons. The lowest BCUT2D eigenvalue weighted by Crippen LogP contribution is -2.23. The van der Waals surface area contributed by atoms with E-state index in [4.69, 9.17) is 0 Å². The van der Waals surface area contributed by atoms with E-state index in [-0.39, 0.29) is 0 Å². The van der Waals surface area contributed by atoms with Crippen molar-refractivity contribution in [3.05, 3.63) is 23.0 Å². The smallest absolute Gasteiger partial charge is 0.194 e. The maximum absolute atomic E-state index is 4.58. The van der Waals surface area contributed by atoms with Gasteiger partial charge in [0.1, 0.15) is 0 Å². The van der Waals surface area contributed by atoms with Crippen LogP contribution in [0, 0.1) is 12.8 Å². The first-order valence-electron chi connectivity index (χ1n) is 7.38. The predicted molar refractivity (Wildman–Crippen MR) is 82.8 cm³/mol. The highest BCUT2D eigenvalue weighted by molar-refractivity contribution is 7.15. The predicted octanol–water partition coefficient (Wildman–Crippen LogP) is 4.01. The third kappa shape index (κ3) is 3.57. The van der Waals surface area contributed by atoms with Crippen molar-refractivity contribution < 1.29 is 0 Å². The quantitative estimate of drug-likeness (QED) is 0.791. The minimum Gasteiger partial charge on any atom is -0.311 e. The van der Waals surface area contributed by atoms with E-state index in [1.54, 1.807) is 11.3 Å². The molecule has 0 aliphatic heterocycles. The number of aromatic nitrogens is 2. The second-order valence-electron chi connectivity index (χ2n) is 5.25. The molecule has 0 saturated heterocycles. The van der Waals surface area contributed by atoms with E-state index in [2.05, 4.69) is 47.0 Å². The molecule has 1 unspecified atom stereocenters. The summed E-state index contributed by atoms with van der Waals surface area (Å²) < 4.78 is 2.21. The lowest BCUT2D eigenvalue weighted by atomic mass is 9.99. The molecule has 2 aromatic rings. The summed E-state index contributed by atoms with van der Waals surface area (Å²) in [6, 6.07) is 0. The van der Waals surface area contributed by atoms with Crippen LogP contribution in [0.1, 0.15) is 50.9 Å². The molecule has 0 spiro atoms. The molecule has 4 heteroatoms. The zero-order chi connectivity index (χ0) is 13.7. The van der Waals surface area contributed by atoms with Crippen LogP contribution in [0.15, 0.2) is 11.6 Å². The van der Waals surface area contributed by atoms with Gasteiger partial charge in [-0.25, -0.2) is 4.98 Å². The number of thiazole rings is 1. The van der Waals surface area contributed by atoms with Gasteiger partial charge in [0.25, 0.3) is 0 Å². The fourth-order valence-corrected chi connectivity index (χ4v) is 3.27. The summed E-state index contributed by atoms with van der Waals surface area (Å²) in [5, 5.41) is 5.71. The van der Waals surface area contributed by atoms with E-state index < -0.39 is 0 Å². The Labute approximate surface area is 120 Å². The van der Waals surface area contributed by atoms with Gasteiger partial charge in [-0.2, -0.15) is 0 Å². The summed E-state index contributed by atoms with van der Waals surface area (Å²) in [5.41, 5.74) is 2.46. The molecule has 0 saturated carbocycles. The molecular formula is C15H25N3S. The maximum atomic E-state index is 4.58. The van der Waals surface area contributed by atoms with E-state index >= 15 is 0 Å². The third-order valence-electron chi connectivity index (χ3n) is 3.83. The number of hydrogen-bond acceptors (Lipinski definition) is 3. The van der Waals surface area contributed by atoms with Gasteiger partial charge < -0.3 is 5.32 Å². The van der Waals surface area contributed by atoms with Gasteiger partial charge in [0.05, 0.1) is 11.4 Å². The molecule has 2 aromatic heterocycles. The fraction of sp³-hybridized carbons (Fsp3) is 0.667. The number of fused-ring (bicyclic) bond motifs is 1. The van der Waals surface area contributed by atoms with Crippen molar-refractivity contribution in [1.82, 2.24) is 14.7 Å². The summed E-state index contributed by atoms with van der Waals surface area (Å²) >= 11 is 1.70. The van der Waals surface area contributed by atoms with Gasteiger partial charge in [0, 0.05) is 18.1 Å². The van der Waals surface area contributed by atoms with Gasteiger partial charge in [-0.15, -0.1) is 11.3 Å². The lowest BCUT2D eigenvalue weighted by Gasteiger charge is -2.15. The Hall–Kier alpha value is -0.870. The lowest BCUT2D eigenvalue weighted by molar-refractivity contribution is 0.417. The Morgan fingerprint density at radius 1 is 1.42 bits per heavy atom. The van der Waals surface area contributed by atoms with Crippen LogP contribution in [0.5, 0.6) is 0 Å². The minimum atomic E-state index is 0.811. The number of nitrogens with zero attached hydrogens (tertiary/aromatic N) is 2. The Morgan fingerprint density at radius 3 is 3.00 bits per heavy atom. The van der Waals surface area contributed by atoms with E-state index in [0.29, 0.717) is 0 Å². The third-order valence-corrected chi connectivity index (χ3v) is 4.59. The van der Waals surface area contributed by atoms with Crippen LogP contribution in [-0.4, -0.2) is 15.9 Å². The highest BCUT2D eigenvalue weighted by Crippen LogP contribution is 2.17. The second kappa shape index (κ2) is 7.06. The topological polar surface area (TPSA) is 29.3 Å². The SMILES string of the molecule is CCCCC(CC)CNCc1c(C)nc2sccn12. The number of unbranched alkanes of at least 4 members (excludes halogenated alkanes) is 1. The molecule has 0 aliphatic rings. The van der Waals surface area contributed by atoms with Gasteiger partial charge in [-0.3, -0.25) is 4.40 Å². The first-order chi connectivity index (χ1) is 9.26. The molecule has 0 aliphatic carbocycles. The van der Waals surface area contributed by atoms with Crippen molar-refractivity contribution in [1.29, 1.82) is 0 Å². The van der Waals surface area contributed by atoms with Crippen molar-refractivity contribution in [3.63, 3.8) is 0 Å². The molecular weight excluding hydrogens is 254 g/mol. The Morgan fingerprint density at radius 2 is 2.26 bits per heavy atom. The number of hydrogen-bond donors (Lipinski definition) is 1. The highest BCUT2D eigenvalue weighted by Gasteiger charge is 2.10. The number of rotatable bonds is 8. The summed E-state index contributed by atoms with van der Waals surface area (Å²) in [5.74, 6) is 0.811. The Bertz CT molecular complexity index is 500. The standard InChI is InChI=1S/C15H25N3S/c1-4-6-7-13(5-2)10-16-11-14-12(3)17-15-18(14)8-9-19-15/h8-9,13,16H,4-7,10-11H2,1-3H3. The number of imidazole rings is 1. The molecule has 0 bridgehead atoms. The van der Waals surface area contributed by atoms with Gasteiger partial charge >= 0.3 is 0 Å². The van der Waals surface area contributed by atoms with Crippen molar-refractivity contribution in [2.75, 3.05) is 6.54 Å². The zero-order valence-corrected chi connectivity index (χ0v) is 13.1. The highest BCUT2D eigenvalue weighted by atomic mass is 32.1. The molecule has 0 fully saturated rings. The monoisotopic (exact) mass is 279 g/mol. The first kappa shape index (κ1) is 14.5. The molecule has 0 amide bonds. The Balaban J connectivity index is 1.87. The van der Waals surface area contributed by atoms with Crippen LogP contribution in [0.3, 0.4) is 0 Å². The molecule has 2 rings (SSSR count). The number of aryl methyl sites for hydroxylation is 1. The van der Waals surface area contributed by atoms with Crippen LogP contribution in [-0.2, 0) is 6.54 Å². The van der Waals surface area contributed by atoms with Crippen LogP contribution < -0.4 is 5.32 Å². The first-order valence-corrected chi connectivity index (χ1v) is 8.26. The molecule has 2 heterocycles. The molecule has 0 radical (unpaired) electrons. The van der Waals surface area contributed by atoms with Crippen LogP contribution in [0.25, 0.3) is 4.96 Å². The summed E-state index contributed by atoms with van der Waals surface area (Å²) in [7, 11) is 0. The summed E-state index contributed by atoms with van der Waals surface area (Å²) in [6.45, 7) is 8.71. The molecule has 3 nitrogen and oxygen atoms in total. The second-order valence-corrected chi connectivity index (χ2v) is 6.12. The molecule has 1 N–H and O–H groups in total. The van der Waals surface area contributed by atoms with Gasteiger partial charge in [-0.1, -0.05) is 33.1 Å². The van der Waals surface area contributed by atoms with Gasteiger partial charge in [-0.05, 0) is 25.8 Å². The summed E-state index contributed by atoms with van der Waals surface area (Å²) in [4.78, 5) is 5.69. The van der Waals surface area contributed by atoms with Crippen molar-refractivity contribution >= 4 is 16.3 Å². The van der Waals surface area contributed by atoms with Crippen LogP contribution in [0.2, 0.25) is 0 Å². The van der Waals surface area contributed by atoms with Crippen molar-refractivity contribution in [3.8, 4) is 0 Å². The van der Waals surface area contributed by atoms with E-state index in [9.17, 15) is 0 Å². The zero-order valence-electron chi connectivity index (χ0n) is 12.3. The van der Waals surface area contributed by atoms with E-state index in [1.165, 1.54) is 31.4 Å². The van der Waals surface area contributed by atoms with E-state index in [0.717, 1.165) is 29.7 Å². The number of nitrogens with one attached hydrogen (secondary N) is 1. The van der Waals surface area contributed by atoms with Crippen LogP contribution >= 0.6 is 11.3 Å². The van der Waals surface area contributed by atoms with Gasteiger partial charge in [0.15, 0.2) is 4.96 Å². The normalized spacial score (nSPS) is 13.2. The van der Waals surface area contributed by atoms with Crippen molar-refractivity contribution in [2.45, 2.75) is 53.0 Å². The largest absolute Gasteiger partial charge is 0.311 e. The average molecular weight is 279 g/mol. The fourth-order valence-electron chi connectivity index (χ4n) is 2.49. The molecule has 0 aromatic carbocycles. The average Bonchev–Trinajstić information content (AvgIpc) is 2.95. The van der Waals surface area contributed by atoms with Crippen LogP contribution in [0.4, 0.5) is 0 Å². The maximum Gasteiger partial charge on any atom is 0.194 e.